The van der Waals surface area contributed by atoms with Crippen LogP contribution in [0.15, 0.2) is 18.2 Å². The Morgan fingerprint density at radius 2 is 1.96 bits per heavy atom. The van der Waals surface area contributed by atoms with Crippen LogP contribution in [-0.4, -0.2) is 19.7 Å². The van der Waals surface area contributed by atoms with E-state index in [1.165, 1.54) is 18.2 Å². The van der Waals surface area contributed by atoms with E-state index < -0.39 is 13.9 Å². The molecule has 0 bridgehead atoms. The maximum absolute atomic E-state index is 14.1. The fraction of sp³-hybridized carbons (Fsp3) is 0.353. The topological polar surface area (TPSA) is 22.1 Å². The summed E-state index contributed by atoms with van der Waals surface area (Å²) in [5, 5.41) is 1.15. The van der Waals surface area contributed by atoms with Gasteiger partial charge in [0, 0.05) is 17.9 Å². The first-order valence-electron chi connectivity index (χ1n) is 7.34. The highest BCUT2D eigenvalue weighted by atomic mass is 35.5. The maximum atomic E-state index is 14.1. The van der Waals surface area contributed by atoms with Crippen LogP contribution in [0.25, 0.3) is 10.9 Å². The molecule has 2 aromatic rings. The van der Waals surface area contributed by atoms with Crippen LogP contribution >= 0.6 is 23.2 Å². The van der Waals surface area contributed by atoms with E-state index >= 15 is 0 Å². The molecule has 0 saturated carbocycles. The molecule has 1 aromatic heterocycles. The summed E-state index contributed by atoms with van der Waals surface area (Å²) in [7, 11) is -1.33. The van der Waals surface area contributed by atoms with Crippen molar-refractivity contribution in [2.24, 2.45) is 0 Å². The van der Waals surface area contributed by atoms with Crippen LogP contribution in [0, 0.1) is 17.3 Å². The number of nitrogens with zero attached hydrogens (tertiary/aromatic N) is 1. The van der Waals surface area contributed by atoms with Gasteiger partial charge in [0.15, 0.2) is 11.6 Å². The number of hydrogen-bond donors (Lipinski definition) is 0. The van der Waals surface area contributed by atoms with Gasteiger partial charge in [-0.3, -0.25) is 0 Å². The molecule has 0 amide bonds. The number of aromatic nitrogens is 1. The van der Waals surface area contributed by atoms with Crippen molar-refractivity contribution in [3.8, 4) is 17.2 Å². The van der Waals surface area contributed by atoms with E-state index in [0.717, 1.165) is 12.8 Å². The summed E-state index contributed by atoms with van der Waals surface area (Å²) < 4.78 is 19.6. The molecule has 0 fully saturated rings. The molecule has 0 atom stereocenters. The molecular formula is C17H18Cl2FNOSi. The molecular weight excluding hydrogens is 352 g/mol. The highest BCUT2D eigenvalue weighted by molar-refractivity contribution is 6.83. The van der Waals surface area contributed by atoms with Gasteiger partial charge in [-0.1, -0.05) is 42.8 Å². The van der Waals surface area contributed by atoms with Crippen LogP contribution in [0.3, 0.4) is 0 Å². The van der Waals surface area contributed by atoms with Crippen LogP contribution in [0.2, 0.25) is 29.8 Å². The molecule has 2 rings (SSSR count). The molecule has 122 valence electrons. The normalized spacial score (nSPS) is 11.2. The molecule has 0 saturated heterocycles. The van der Waals surface area contributed by atoms with Crippen molar-refractivity contribution < 1.29 is 9.13 Å². The third kappa shape index (κ3) is 5.38. The van der Waals surface area contributed by atoms with Gasteiger partial charge in [0.25, 0.3) is 0 Å². The maximum Gasteiger partial charge on any atom is 0.165 e. The first-order valence-corrected chi connectivity index (χ1v) is 11.6. The van der Waals surface area contributed by atoms with Crippen LogP contribution in [0.1, 0.15) is 12.8 Å². The quantitative estimate of drug-likeness (QED) is 0.297. The lowest BCUT2D eigenvalue weighted by Crippen LogP contribution is -2.16. The van der Waals surface area contributed by atoms with Crippen LogP contribution in [0.5, 0.6) is 5.75 Å². The van der Waals surface area contributed by atoms with Gasteiger partial charge in [0.2, 0.25) is 0 Å². The van der Waals surface area contributed by atoms with Gasteiger partial charge in [0.1, 0.15) is 13.2 Å². The number of pyridine rings is 1. The van der Waals surface area contributed by atoms with Gasteiger partial charge < -0.3 is 4.74 Å². The monoisotopic (exact) mass is 369 g/mol. The Morgan fingerprint density at radius 1 is 1.22 bits per heavy atom. The van der Waals surface area contributed by atoms with Crippen molar-refractivity contribution in [1.82, 2.24) is 4.98 Å². The zero-order valence-corrected chi connectivity index (χ0v) is 15.9. The smallest absolute Gasteiger partial charge is 0.165 e. The Kier molecular flexibility index (Phi) is 5.91. The van der Waals surface area contributed by atoms with Crippen LogP contribution < -0.4 is 4.74 Å². The Hall–Kier alpha value is -1.28. The Bertz CT molecular complexity index is 778. The van der Waals surface area contributed by atoms with Gasteiger partial charge in [-0.2, -0.15) is 0 Å². The summed E-state index contributed by atoms with van der Waals surface area (Å²) in [6.07, 6.45) is 1.49. The largest absolute Gasteiger partial charge is 0.490 e. The van der Waals surface area contributed by atoms with E-state index in [0.29, 0.717) is 22.5 Å². The molecule has 0 aliphatic rings. The number of fused-ring (bicyclic) bond motifs is 1. The molecule has 23 heavy (non-hydrogen) atoms. The first kappa shape index (κ1) is 18.1. The minimum Gasteiger partial charge on any atom is -0.490 e. The number of rotatable bonds is 4. The van der Waals surface area contributed by atoms with Gasteiger partial charge in [-0.15, -0.1) is 11.5 Å². The lowest BCUT2D eigenvalue weighted by Gasteiger charge is -2.09. The Labute approximate surface area is 147 Å². The fourth-order valence-corrected chi connectivity index (χ4v) is 3.10. The van der Waals surface area contributed by atoms with E-state index in [9.17, 15) is 4.39 Å². The second-order valence-electron chi connectivity index (χ2n) is 6.23. The lowest BCUT2D eigenvalue weighted by atomic mass is 10.2. The molecule has 0 aliphatic heterocycles. The standard InChI is InChI=1S/C17H18Cl2FNOSi/c1-23(2,3)8-6-4-5-7-22-16-11-15-12(9-14(16)20)13(18)10-17(19)21-15/h9-11H,4-5,7H2,1-3H3. The van der Waals surface area contributed by atoms with Crippen molar-refractivity contribution in [3.63, 3.8) is 0 Å². The SMILES string of the molecule is C[Si](C)(C)C#CCCCOc1cc2nc(Cl)cc(Cl)c2cc1F. The molecule has 0 N–H and O–H groups in total. The summed E-state index contributed by atoms with van der Waals surface area (Å²) in [4.78, 5) is 4.14. The minimum absolute atomic E-state index is 0.154. The highest BCUT2D eigenvalue weighted by Crippen LogP contribution is 2.30. The first-order chi connectivity index (χ1) is 10.8. The Morgan fingerprint density at radius 3 is 2.65 bits per heavy atom. The summed E-state index contributed by atoms with van der Waals surface area (Å²) in [5.41, 5.74) is 3.80. The van der Waals surface area contributed by atoms with Gasteiger partial charge in [0.05, 0.1) is 17.1 Å². The molecule has 0 unspecified atom stereocenters. The third-order valence-corrected chi connectivity index (χ3v) is 4.38. The van der Waals surface area contributed by atoms with Crippen LogP contribution in [0.4, 0.5) is 4.39 Å². The molecule has 1 aromatic carbocycles. The predicted molar refractivity (Wildman–Crippen MR) is 97.6 cm³/mol. The third-order valence-electron chi connectivity index (χ3n) is 2.95. The summed E-state index contributed by atoms with van der Waals surface area (Å²) in [5.74, 6) is 2.85. The van der Waals surface area contributed by atoms with Gasteiger partial charge in [-0.05, 0) is 18.6 Å². The summed E-state index contributed by atoms with van der Waals surface area (Å²) in [6, 6.07) is 4.33. The van der Waals surface area contributed by atoms with E-state index in [2.05, 4.69) is 36.1 Å². The van der Waals surface area contributed by atoms with Gasteiger partial charge >= 0.3 is 0 Å². The average molecular weight is 370 g/mol. The van der Waals surface area contributed by atoms with E-state index in [1.807, 2.05) is 0 Å². The molecule has 6 heteroatoms. The predicted octanol–water partition coefficient (Wildman–Crippen LogP) is 5.72. The van der Waals surface area contributed by atoms with E-state index in [4.69, 9.17) is 27.9 Å². The second kappa shape index (κ2) is 7.52. The van der Waals surface area contributed by atoms with Crippen molar-refractivity contribution >= 4 is 42.2 Å². The van der Waals surface area contributed by atoms with Gasteiger partial charge in [-0.25, -0.2) is 9.37 Å². The van der Waals surface area contributed by atoms with Crippen molar-refractivity contribution in [2.45, 2.75) is 32.5 Å². The highest BCUT2D eigenvalue weighted by Gasteiger charge is 2.10. The number of unbranched alkanes of at least 4 members (excludes halogenated alkanes) is 1. The molecule has 1 heterocycles. The minimum atomic E-state index is -1.33. The molecule has 0 aliphatic carbocycles. The summed E-state index contributed by atoms with van der Waals surface area (Å²) >= 11 is 11.9. The molecule has 0 radical (unpaired) electrons. The van der Waals surface area contributed by atoms with Crippen molar-refractivity contribution in [2.75, 3.05) is 6.61 Å². The number of ether oxygens (including phenoxy) is 1. The van der Waals surface area contributed by atoms with Crippen molar-refractivity contribution in [1.29, 1.82) is 0 Å². The molecule has 0 spiro atoms. The number of benzene rings is 1. The lowest BCUT2D eigenvalue weighted by molar-refractivity contribution is 0.298. The summed E-state index contributed by atoms with van der Waals surface area (Å²) in [6.45, 7) is 7.00. The fourth-order valence-electron chi connectivity index (χ4n) is 1.94. The van der Waals surface area contributed by atoms with E-state index in [1.54, 1.807) is 0 Å². The van der Waals surface area contributed by atoms with E-state index in [-0.39, 0.29) is 10.9 Å². The zero-order chi connectivity index (χ0) is 17.0. The number of halogens is 3. The van der Waals surface area contributed by atoms with Crippen LogP contribution in [-0.2, 0) is 0 Å². The average Bonchev–Trinajstić information content (AvgIpc) is 2.43. The second-order valence-corrected chi connectivity index (χ2v) is 11.8. The molecule has 2 nitrogen and oxygen atoms in total. The Balaban J connectivity index is 2.03. The zero-order valence-electron chi connectivity index (χ0n) is 13.3. The number of hydrogen-bond acceptors (Lipinski definition) is 2. The van der Waals surface area contributed by atoms with Crippen molar-refractivity contribution in [3.05, 3.63) is 34.2 Å².